The van der Waals surface area contributed by atoms with Gasteiger partial charge in [-0.25, -0.2) is 12.8 Å². The first-order chi connectivity index (χ1) is 20.1. The number of ether oxygens (including phenoxy) is 1. The molecule has 3 aromatic carbocycles. The molecular formula is C32H40FN3O5S. The number of carbonyl (C=O) groups excluding carboxylic acids is 2. The second-order valence-corrected chi connectivity index (χ2v) is 12.0. The lowest BCUT2D eigenvalue weighted by atomic mass is 10.0. The van der Waals surface area contributed by atoms with Crippen LogP contribution in [0.5, 0.6) is 5.75 Å². The first-order valence-corrected chi connectivity index (χ1v) is 15.9. The highest BCUT2D eigenvalue weighted by molar-refractivity contribution is 7.92. The number of carbonyl (C=O) groups is 2. The Labute approximate surface area is 248 Å². The molecular weight excluding hydrogens is 557 g/mol. The van der Waals surface area contributed by atoms with Crippen LogP contribution in [0.4, 0.5) is 10.1 Å². The number of hydrogen-bond donors (Lipinski definition) is 1. The van der Waals surface area contributed by atoms with Gasteiger partial charge in [-0.05, 0) is 36.6 Å². The van der Waals surface area contributed by atoms with Crippen LogP contribution in [0.25, 0.3) is 0 Å². The first-order valence-electron chi connectivity index (χ1n) is 14.1. The van der Waals surface area contributed by atoms with Gasteiger partial charge in [-0.15, -0.1) is 0 Å². The summed E-state index contributed by atoms with van der Waals surface area (Å²) in [5.74, 6) is -0.650. The van der Waals surface area contributed by atoms with E-state index in [1.54, 1.807) is 42.5 Å². The van der Waals surface area contributed by atoms with Crippen LogP contribution in [0.1, 0.15) is 43.7 Å². The second-order valence-electron chi connectivity index (χ2n) is 10.1. The van der Waals surface area contributed by atoms with Crippen molar-refractivity contribution in [3.8, 4) is 5.75 Å². The smallest absolute Gasteiger partial charge is 0.243 e. The van der Waals surface area contributed by atoms with Crippen molar-refractivity contribution in [1.82, 2.24) is 10.2 Å². The number of amides is 2. The van der Waals surface area contributed by atoms with Gasteiger partial charge in [0.15, 0.2) is 0 Å². The third-order valence-electron chi connectivity index (χ3n) is 6.89. The predicted octanol–water partition coefficient (Wildman–Crippen LogP) is 4.94. The van der Waals surface area contributed by atoms with Gasteiger partial charge in [-0.3, -0.25) is 13.9 Å². The molecule has 0 aliphatic rings. The number of hydrogen-bond acceptors (Lipinski definition) is 5. The van der Waals surface area contributed by atoms with Crippen LogP contribution in [-0.4, -0.2) is 57.6 Å². The Morgan fingerprint density at radius 3 is 2.36 bits per heavy atom. The number of halogens is 1. The number of benzene rings is 3. The van der Waals surface area contributed by atoms with Crippen LogP contribution in [0.15, 0.2) is 78.9 Å². The minimum absolute atomic E-state index is 0.0390. The number of unbranched alkanes of at least 4 members (excludes halogenated alkanes) is 1. The van der Waals surface area contributed by atoms with Crippen molar-refractivity contribution in [3.63, 3.8) is 0 Å². The molecule has 0 heterocycles. The lowest BCUT2D eigenvalue weighted by Gasteiger charge is -2.32. The Morgan fingerprint density at radius 2 is 1.69 bits per heavy atom. The van der Waals surface area contributed by atoms with E-state index in [1.165, 1.54) is 22.4 Å². The van der Waals surface area contributed by atoms with Crippen LogP contribution in [-0.2, 0) is 32.6 Å². The fourth-order valence-electron chi connectivity index (χ4n) is 4.64. The lowest BCUT2D eigenvalue weighted by molar-refractivity contribution is -0.141. The summed E-state index contributed by atoms with van der Waals surface area (Å²) < 4.78 is 46.5. The minimum Gasteiger partial charge on any atom is -0.497 e. The highest BCUT2D eigenvalue weighted by Crippen LogP contribution is 2.24. The summed E-state index contributed by atoms with van der Waals surface area (Å²) in [5, 5.41) is 2.94. The molecule has 0 saturated heterocycles. The number of nitrogens with one attached hydrogen (secondary N) is 1. The van der Waals surface area contributed by atoms with Gasteiger partial charge in [0.05, 0.1) is 19.1 Å². The molecule has 0 spiro atoms. The summed E-state index contributed by atoms with van der Waals surface area (Å²) in [6.07, 6.45) is 3.18. The Bertz CT molecular complexity index is 1420. The molecule has 0 fully saturated rings. The van der Waals surface area contributed by atoms with Crippen LogP contribution in [0.3, 0.4) is 0 Å². The topological polar surface area (TPSA) is 96.0 Å². The van der Waals surface area contributed by atoms with Crippen LogP contribution >= 0.6 is 0 Å². The maximum Gasteiger partial charge on any atom is 0.243 e. The molecule has 42 heavy (non-hydrogen) atoms. The van der Waals surface area contributed by atoms with Crippen LogP contribution in [0.2, 0.25) is 0 Å². The molecule has 0 saturated carbocycles. The SMILES string of the molecule is CCCCNC(=O)[C@@H](Cc1ccccc1)N(Cc1ccccc1F)C(=O)CCCN(c1cccc(OC)c1)S(C)(=O)=O. The molecule has 0 aromatic heterocycles. The maximum absolute atomic E-state index is 14.8. The summed E-state index contributed by atoms with van der Waals surface area (Å²) in [7, 11) is -2.16. The Balaban J connectivity index is 1.88. The van der Waals surface area contributed by atoms with Gasteiger partial charge in [0.1, 0.15) is 17.6 Å². The minimum atomic E-state index is -3.66. The van der Waals surface area contributed by atoms with Crippen molar-refractivity contribution < 1.29 is 27.1 Å². The molecule has 0 aliphatic carbocycles. The van der Waals surface area contributed by atoms with Crippen molar-refractivity contribution in [2.24, 2.45) is 0 Å². The van der Waals surface area contributed by atoms with E-state index in [2.05, 4.69) is 5.32 Å². The number of rotatable bonds is 16. The van der Waals surface area contributed by atoms with Gasteiger partial charge in [-0.1, -0.05) is 67.9 Å². The molecule has 0 radical (unpaired) electrons. The molecule has 1 N–H and O–H groups in total. The molecule has 0 aliphatic heterocycles. The Hall–Kier alpha value is -3.92. The second kappa shape index (κ2) is 15.9. The highest BCUT2D eigenvalue weighted by Gasteiger charge is 2.31. The van der Waals surface area contributed by atoms with Gasteiger partial charge in [-0.2, -0.15) is 0 Å². The summed E-state index contributed by atoms with van der Waals surface area (Å²) in [5.41, 5.74) is 1.57. The number of anilines is 1. The third kappa shape index (κ3) is 9.58. The monoisotopic (exact) mass is 597 g/mol. The van der Waals surface area contributed by atoms with E-state index >= 15 is 0 Å². The first kappa shape index (κ1) is 32.6. The zero-order valence-corrected chi connectivity index (χ0v) is 25.3. The largest absolute Gasteiger partial charge is 0.497 e. The van der Waals surface area contributed by atoms with Crippen molar-refractivity contribution >= 4 is 27.5 Å². The fraction of sp³-hybridized carbons (Fsp3) is 0.375. The molecule has 3 rings (SSSR count). The molecule has 226 valence electrons. The molecule has 0 bridgehead atoms. The van der Waals surface area contributed by atoms with Crippen molar-refractivity contribution in [2.75, 3.05) is 30.8 Å². The molecule has 0 unspecified atom stereocenters. The number of sulfonamides is 1. The normalized spacial score (nSPS) is 11.9. The standard InChI is InChI=1S/C32H40FN3O5S/c1-4-5-20-34-32(38)30(22-25-13-7-6-8-14-25)35(24-26-15-9-10-18-29(26)33)31(37)19-12-21-36(42(3,39)40)27-16-11-17-28(23-27)41-2/h6-11,13-18,23,30H,4-5,12,19-22,24H2,1-3H3,(H,34,38)/t30-/m1/s1. The molecule has 2 amide bonds. The number of nitrogens with zero attached hydrogens (tertiary/aromatic N) is 2. The maximum atomic E-state index is 14.8. The van der Waals surface area contributed by atoms with E-state index in [4.69, 9.17) is 4.74 Å². The van der Waals surface area contributed by atoms with E-state index in [9.17, 15) is 22.4 Å². The van der Waals surface area contributed by atoms with E-state index in [0.717, 1.165) is 24.7 Å². The average molecular weight is 598 g/mol. The summed E-state index contributed by atoms with van der Waals surface area (Å²) >= 11 is 0. The number of methoxy groups -OCH3 is 1. The third-order valence-corrected chi connectivity index (χ3v) is 8.09. The molecule has 8 nitrogen and oxygen atoms in total. The van der Waals surface area contributed by atoms with E-state index < -0.39 is 21.9 Å². The zero-order chi connectivity index (χ0) is 30.5. The van der Waals surface area contributed by atoms with Crippen molar-refractivity contribution in [2.45, 2.75) is 51.6 Å². The molecule has 3 aromatic rings. The predicted molar refractivity (Wildman–Crippen MR) is 163 cm³/mol. The van der Waals surface area contributed by atoms with Gasteiger partial charge in [0, 0.05) is 44.1 Å². The Kier molecular flexibility index (Phi) is 12.3. The zero-order valence-electron chi connectivity index (χ0n) is 24.5. The lowest BCUT2D eigenvalue weighted by Crippen LogP contribution is -2.50. The van der Waals surface area contributed by atoms with Crippen LogP contribution < -0.4 is 14.4 Å². The van der Waals surface area contributed by atoms with E-state index in [0.29, 0.717) is 23.5 Å². The van der Waals surface area contributed by atoms with Crippen molar-refractivity contribution in [3.05, 3.63) is 95.8 Å². The summed E-state index contributed by atoms with van der Waals surface area (Å²) in [6, 6.07) is 21.3. The molecule has 1 atom stereocenters. The van der Waals surface area contributed by atoms with Gasteiger partial charge in [0.2, 0.25) is 21.8 Å². The van der Waals surface area contributed by atoms with Crippen LogP contribution in [0, 0.1) is 5.82 Å². The van der Waals surface area contributed by atoms with Gasteiger partial charge < -0.3 is 15.0 Å². The van der Waals surface area contributed by atoms with Crippen molar-refractivity contribution in [1.29, 1.82) is 0 Å². The van der Waals surface area contributed by atoms with E-state index in [-0.39, 0.29) is 44.2 Å². The quantitative estimate of drug-likeness (QED) is 0.236. The highest BCUT2D eigenvalue weighted by atomic mass is 32.2. The Morgan fingerprint density at radius 1 is 0.976 bits per heavy atom. The van der Waals surface area contributed by atoms with Gasteiger partial charge >= 0.3 is 0 Å². The van der Waals surface area contributed by atoms with E-state index in [1.807, 2.05) is 37.3 Å². The summed E-state index contributed by atoms with van der Waals surface area (Å²) in [6.45, 7) is 2.42. The molecule has 10 heteroatoms. The fourth-order valence-corrected chi connectivity index (χ4v) is 5.60. The van der Waals surface area contributed by atoms with Gasteiger partial charge in [0.25, 0.3) is 0 Å². The summed E-state index contributed by atoms with van der Waals surface area (Å²) in [4.78, 5) is 28.8. The average Bonchev–Trinajstić information content (AvgIpc) is 2.97.